The summed E-state index contributed by atoms with van der Waals surface area (Å²) in [5.74, 6) is 0. The fraction of sp³-hybridized carbons (Fsp3) is 0.176. The minimum absolute atomic E-state index is 0.0184. The molecule has 25 heavy (non-hydrogen) atoms. The standard InChI is InChI=1S/C17H13F3N2O2S/c1-11-4-2-5-12(8-11)10-21-15(23)22(25-16(21)24)14-7-3-6-13(9-14)17(18,19)20/h2-9H,10H2,1H3. The van der Waals surface area contributed by atoms with E-state index in [4.69, 9.17) is 0 Å². The molecule has 0 aliphatic carbocycles. The molecule has 0 N–H and O–H groups in total. The van der Waals surface area contributed by atoms with Crippen LogP contribution in [-0.2, 0) is 12.7 Å². The third-order valence-corrected chi connectivity index (χ3v) is 4.55. The van der Waals surface area contributed by atoms with Gasteiger partial charge in [0.1, 0.15) is 0 Å². The summed E-state index contributed by atoms with van der Waals surface area (Å²) in [5.41, 5.74) is 0.246. The maximum absolute atomic E-state index is 12.8. The van der Waals surface area contributed by atoms with Crippen LogP contribution in [0.5, 0.6) is 0 Å². The zero-order chi connectivity index (χ0) is 18.2. The molecule has 0 saturated heterocycles. The van der Waals surface area contributed by atoms with Crippen molar-refractivity contribution in [2.45, 2.75) is 19.6 Å². The van der Waals surface area contributed by atoms with Crippen LogP contribution in [0, 0.1) is 6.92 Å². The van der Waals surface area contributed by atoms with Gasteiger partial charge in [-0.05, 0) is 30.7 Å². The van der Waals surface area contributed by atoms with Crippen LogP contribution in [0.3, 0.4) is 0 Å². The van der Waals surface area contributed by atoms with Crippen LogP contribution in [0.1, 0.15) is 16.7 Å². The first kappa shape index (κ1) is 17.2. The molecule has 4 nitrogen and oxygen atoms in total. The highest BCUT2D eigenvalue weighted by Crippen LogP contribution is 2.30. The van der Waals surface area contributed by atoms with E-state index in [1.54, 1.807) is 6.07 Å². The van der Waals surface area contributed by atoms with Crippen LogP contribution in [0.25, 0.3) is 5.69 Å². The van der Waals surface area contributed by atoms with Gasteiger partial charge in [-0.3, -0.25) is 4.79 Å². The molecule has 0 atom stereocenters. The summed E-state index contributed by atoms with van der Waals surface area (Å²) in [6.45, 7) is 1.96. The Morgan fingerprint density at radius 3 is 2.44 bits per heavy atom. The van der Waals surface area contributed by atoms with Crippen LogP contribution < -0.4 is 10.6 Å². The molecule has 0 spiro atoms. The second-order valence-corrected chi connectivity index (χ2v) is 6.45. The van der Waals surface area contributed by atoms with Gasteiger partial charge in [0.15, 0.2) is 0 Å². The lowest BCUT2D eigenvalue weighted by molar-refractivity contribution is -0.137. The molecular weight excluding hydrogens is 353 g/mol. The Balaban J connectivity index is 2.03. The molecule has 0 radical (unpaired) electrons. The number of hydrogen-bond acceptors (Lipinski definition) is 3. The second kappa shape index (κ2) is 6.36. The number of hydrogen-bond donors (Lipinski definition) is 0. The van der Waals surface area contributed by atoms with Crippen molar-refractivity contribution in [2.24, 2.45) is 0 Å². The normalized spacial score (nSPS) is 11.7. The van der Waals surface area contributed by atoms with Crippen molar-refractivity contribution < 1.29 is 13.2 Å². The number of halogens is 3. The van der Waals surface area contributed by atoms with Gasteiger partial charge in [-0.15, -0.1) is 0 Å². The highest BCUT2D eigenvalue weighted by molar-refractivity contribution is 7.03. The molecular formula is C17H13F3N2O2S. The predicted octanol–water partition coefficient (Wildman–Crippen LogP) is 3.44. The quantitative estimate of drug-likeness (QED) is 0.713. The van der Waals surface area contributed by atoms with Gasteiger partial charge in [0.2, 0.25) is 0 Å². The number of aromatic nitrogens is 2. The predicted molar refractivity (Wildman–Crippen MR) is 89.5 cm³/mol. The van der Waals surface area contributed by atoms with E-state index in [1.807, 2.05) is 25.1 Å². The minimum atomic E-state index is -4.52. The third-order valence-electron chi connectivity index (χ3n) is 3.63. The minimum Gasteiger partial charge on any atom is -0.255 e. The summed E-state index contributed by atoms with van der Waals surface area (Å²) in [7, 11) is 0. The average Bonchev–Trinajstić information content (AvgIpc) is 2.82. The summed E-state index contributed by atoms with van der Waals surface area (Å²) in [6, 6.07) is 11.7. The number of aryl methyl sites for hydroxylation is 1. The van der Waals surface area contributed by atoms with Crippen molar-refractivity contribution in [1.82, 2.24) is 8.52 Å². The van der Waals surface area contributed by atoms with Gasteiger partial charge in [-0.25, -0.2) is 13.3 Å². The van der Waals surface area contributed by atoms with Crippen molar-refractivity contribution in [2.75, 3.05) is 0 Å². The Morgan fingerprint density at radius 1 is 1.04 bits per heavy atom. The van der Waals surface area contributed by atoms with Gasteiger partial charge in [0.05, 0.1) is 17.8 Å². The maximum Gasteiger partial charge on any atom is 0.416 e. The fourth-order valence-corrected chi connectivity index (χ4v) is 3.24. The molecule has 0 fully saturated rings. The largest absolute Gasteiger partial charge is 0.416 e. The molecule has 130 valence electrons. The summed E-state index contributed by atoms with van der Waals surface area (Å²) < 4.78 is 40.5. The molecule has 8 heteroatoms. The lowest BCUT2D eigenvalue weighted by atomic mass is 10.1. The van der Waals surface area contributed by atoms with E-state index in [0.29, 0.717) is 11.5 Å². The molecule has 0 bridgehead atoms. The number of rotatable bonds is 3. The molecule has 0 amide bonds. The Bertz CT molecular complexity index is 1030. The van der Waals surface area contributed by atoms with Crippen LogP contribution in [0.15, 0.2) is 58.1 Å². The summed E-state index contributed by atoms with van der Waals surface area (Å²) in [4.78, 5) is 24.1. The molecule has 2 aromatic carbocycles. The van der Waals surface area contributed by atoms with Crippen LogP contribution in [0.2, 0.25) is 0 Å². The Kier molecular flexibility index (Phi) is 4.38. The second-order valence-electron chi connectivity index (χ2n) is 5.56. The first-order valence-corrected chi connectivity index (χ1v) is 8.09. The highest BCUT2D eigenvalue weighted by Gasteiger charge is 2.30. The first-order chi connectivity index (χ1) is 11.8. The van der Waals surface area contributed by atoms with Gasteiger partial charge in [-0.2, -0.15) is 13.2 Å². The summed E-state index contributed by atoms with van der Waals surface area (Å²) in [5, 5.41) is 0. The monoisotopic (exact) mass is 366 g/mol. The molecule has 0 saturated carbocycles. The van der Waals surface area contributed by atoms with Crippen LogP contribution >= 0.6 is 11.5 Å². The Labute approximate surface area is 144 Å². The third kappa shape index (κ3) is 3.58. The van der Waals surface area contributed by atoms with Crippen LogP contribution in [-0.4, -0.2) is 8.52 Å². The van der Waals surface area contributed by atoms with Gasteiger partial charge in [0.25, 0.3) is 0 Å². The summed E-state index contributed by atoms with van der Waals surface area (Å²) >= 11 is 0.581. The van der Waals surface area contributed by atoms with Crippen LogP contribution in [0.4, 0.5) is 13.2 Å². The smallest absolute Gasteiger partial charge is 0.255 e. The van der Waals surface area contributed by atoms with E-state index in [2.05, 4.69) is 0 Å². The molecule has 0 aliphatic heterocycles. The lowest BCUT2D eigenvalue weighted by Crippen LogP contribution is -2.29. The van der Waals surface area contributed by atoms with E-state index in [0.717, 1.165) is 31.8 Å². The van der Waals surface area contributed by atoms with Gasteiger partial charge >= 0.3 is 16.7 Å². The number of nitrogens with zero attached hydrogens (tertiary/aromatic N) is 2. The molecule has 1 heterocycles. The van der Waals surface area contributed by atoms with Gasteiger partial charge in [0, 0.05) is 11.5 Å². The van der Waals surface area contributed by atoms with Crippen molar-refractivity contribution in [1.29, 1.82) is 0 Å². The van der Waals surface area contributed by atoms with E-state index >= 15 is 0 Å². The summed E-state index contributed by atoms with van der Waals surface area (Å²) in [6.07, 6.45) is -4.52. The van der Waals surface area contributed by atoms with Gasteiger partial charge in [-0.1, -0.05) is 35.9 Å². The topological polar surface area (TPSA) is 44.0 Å². The van der Waals surface area contributed by atoms with E-state index in [-0.39, 0.29) is 12.2 Å². The van der Waals surface area contributed by atoms with Crippen molar-refractivity contribution >= 4 is 11.5 Å². The van der Waals surface area contributed by atoms with Crippen molar-refractivity contribution in [3.05, 3.63) is 85.4 Å². The zero-order valence-corrected chi connectivity index (χ0v) is 13.9. The molecule has 0 unspecified atom stereocenters. The number of benzene rings is 2. The molecule has 1 aromatic heterocycles. The highest BCUT2D eigenvalue weighted by atomic mass is 32.1. The van der Waals surface area contributed by atoms with Gasteiger partial charge < -0.3 is 0 Å². The van der Waals surface area contributed by atoms with Crippen molar-refractivity contribution in [3.63, 3.8) is 0 Å². The fourth-order valence-electron chi connectivity index (χ4n) is 2.45. The Morgan fingerprint density at radius 2 is 1.76 bits per heavy atom. The molecule has 3 aromatic rings. The first-order valence-electron chi connectivity index (χ1n) is 7.32. The molecule has 3 rings (SSSR count). The average molecular weight is 366 g/mol. The SMILES string of the molecule is Cc1cccc(Cn2c(=O)sn(-c3cccc(C(F)(F)F)c3)c2=O)c1. The number of alkyl halides is 3. The zero-order valence-electron chi connectivity index (χ0n) is 13.1. The van der Waals surface area contributed by atoms with E-state index in [9.17, 15) is 22.8 Å². The maximum atomic E-state index is 12.8. The van der Waals surface area contributed by atoms with Crippen molar-refractivity contribution in [3.8, 4) is 5.69 Å². The van der Waals surface area contributed by atoms with E-state index < -0.39 is 22.3 Å². The van der Waals surface area contributed by atoms with E-state index in [1.165, 1.54) is 12.1 Å². The lowest BCUT2D eigenvalue weighted by Gasteiger charge is -2.08. The Hall–Kier alpha value is -2.61. The molecule has 0 aliphatic rings.